The molecule has 0 atom stereocenters. The second kappa shape index (κ2) is 8.66. The van der Waals surface area contributed by atoms with E-state index in [2.05, 4.69) is 0 Å². The summed E-state index contributed by atoms with van der Waals surface area (Å²) in [6, 6.07) is 13.9. The first-order valence-corrected chi connectivity index (χ1v) is 9.56. The van der Waals surface area contributed by atoms with Crippen molar-refractivity contribution in [3.05, 3.63) is 65.7 Å². The molecule has 8 heteroatoms. The van der Waals surface area contributed by atoms with Gasteiger partial charge in [0, 0.05) is 13.1 Å². The van der Waals surface area contributed by atoms with Crippen LogP contribution in [-0.4, -0.2) is 32.0 Å². The summed E-state index contributed by atoms with van der Waals surface area (Å²) >= 11 is 0. The van der Waals surface area contributed by atoms with Crippen molar-refractivity contribution >= 4 is 10.0 Å². The van der Waals surface area contributed by atoms with Gasteiger partial charge in [0.1, 0.15) is 0 Å². The first-order valence-electron chi connectivity index (χ1n) is 8.12. The highest BCUT2D eigenvalue weighted by Crippen LogP contribution is 2.24. The van der Waals surface area contributed by atoms with Gasteiger partial charge >= 0.3 is 6.18 Å². The van der Waals surface area contributed by atoms with Gasteiger partial charge in [-0.2, -0.15) is 17.5 Å². The van der Waals surface area contributed by atoms with Crippen molar-refractivity contribution in [2.75, 3.05) is 13.1 Å². The Hall–Kier alpha value is -1.90. The SMILES string of the molecule is NCCCN(Cc1ccccc1)S(=O)(=O)c1ccc(CC(F)(F)F)cc1. The molecule has 0 spiro atoms. The van der Waals surface area contributed by atoms with Crippen LogP contribution in [0.4, 0.5) is 13.2 Å². The molecule has 26 heavy (non-hydrogen) atoms. The number of hydrogen-bond donors (Lipinski definition) is 1. The molecule has 0 heterocycles. The summed E-state index contributed by atoms with van der Waals surface area (Å²) in [6.45, 7) is 0.747. The lowest BCUT2D eigenvalue weighted by molar-refractivity contribution is -0.127. The van der Waals surface area contributed by atoms with Crippen molar-refractivity contribution in [1.29, 1.82) is 0 Å². The van der Waals surface area contributed by atoms with E-state index >= 15 is 0 Å². The van der Waals surface area contributed by atoms with E-state index in [1.54, 1.807) is 0 Å². The topological polar surface area (TPSA) is 63.4 Å². The van der Waals surface area contributed by atoms with Crippen molar-refractivity contribution in [1.82, 2.24) is 4.31 Å². The average Bonchev–Trinajstić information content (AvgIpc) is 2.58. The van der Waals surface area contributed by atoms with Gasteiger partial charge in [-0.3, -0.25) is 0 Å². The molecule has 0 aliphatic heterocycles. The summed E-state index contributed by atoms with van der Waals surface area (Å²) in [7, 11) is -3.84. The highest BCUT2D eigenvalue weighted by molar-refractivity contribution is 7.89. The minimum Gasteiger partial charge on any atom is -0.330 e. The summed E-state index contributed by atoms with van der Waals surface area (Å²) in [6.07, 6.45) is -4.94. The van der Waals surface area contributed by atoms with E-state index < -0.39 is 22.6 Å². The maximum absolute atomic E-state index is 12.9. The zero-order valence-electron chi connectivity index (χ0n) is 14.1. The number of benzene rings is 2. The van der Waals surface area contributed by atoms with Gasteiger partial charge in [-0.05, 0) is 36.2 Å². The van der Waals surface area contributed by atoms with E-state index in [-0.39, 0.29) is 23.5 Å². The zero-order chi connectivity index (χ0) is 19.2. The number of nitrogens with two attached hydrogens (primary N) is 1. The molecule has 0 bridgehead atoms. The molecule has 2 aromatic rings. The Morgan fingerprint density at radius 1 is 0.923 bits per heavy atom. The number of rotatable bonds is 8. The van der Waals surface area contributed by atoms with Crippen LogP contribution in [0.3, 0.4) is 0 Å². The summed E-state index contributed by atoms with van der Waals surface area (Å²) in [5.41, 5.74) is 6.35. The minimum absolute atomic E-state index is 0.0213. The van der Waals surface area contributed by atoms with E-state index in [0.717, 1.165) is 5.56 Å². The Bertz CT molecular complexity index is 791. The Kier molecular flexibility index (Phi) is 6.80. The number of alkyl halides is 3. The molecule has 2 N–H and O–H groups in total. The van der Waals surface area contributed by atoms with Crippen molar-refractivity contribution in [3.63, 3.8) is 0 Å². The molecular weight excluding hydrogens is 365 g/mol. The lowest BCUT2D eigenvalue weighted by atomic mass is 10.1. The van der Waals surface area contributed by atoms with Gasteiger partial charge in [0.2, 0.25) is 10.0 Å². The molecule has 0 fully saturated rings. The first-order chi connectivity index (χ1) is 12.2. The third-order valence-electron chi connectivity index (χ3n) is 3.78. The highest BCUT2D eigenvalue weighted by Gasteiger charge is 2.28. The Morgan fingerprint density at radius 2 is 1.54 bits per heavy atom. The largest absolute Gasteiger partial charge is 0.393 e. The summed E-state index contributed by atoms with van der Waals surface area (Å²) in [5.74, 6) is 0. The molecule has 0 saturated heterocycles. The second-order valence-corrected chi connectivity index (χ2v) is 7.84. The second-order valence-electron chi connectivity index (χ2n) is 5.90. The van der Waals surface area contributed by atoms with Crippen LogP contribution >= 0.6 is 0 Å². The van der Waals surface area contributed by atoms with Crippen LogP contribution in [0, 0.1) is 0 Å². The fourth-order valence-corrected chi connectivity index (χ4v) is 3.97. The van der Waals surface area contributed by atoms with E-state index in [9.17, 15) is 21.6 Å². The van der Waals surface area contributed by atoms with Crippen LogP contribution < -0.4 is 5.73 Å². The molecule has 0 amide bonds. The summed E-state index contributed by atoms with van der Waals surface area (Å²) < 4.78 is 64.4. The lowest BCUT2D eigenvalue weighted by Gasteiger charge is -2.22. The fraction of sp³-hybridized carbons (Fsp3) is 0.333. The lowest BCUT2D eigenvalue weighted by Crippen LogP contribution is -2.32. The summed E-state index contributed by atoms with van der Waals surface area (Å²) in [4.78, 5) is -0.0311. The first kappa shape index (κ1) is 20.4. The van der Waals surface area contributed by atoms with Gasteiger partial charge in [0.05, 0.1) is 11.3 Å². The van der Waals surface area contributed by atoms with Gasteiger partial charge in [0.15, 0.2) is 0 Å². The van der Waals surface area contributed by atoms with Crippen LogP contribution in [0.1, 0.15) is 17.5 Å². The predicted molar refractivity (Wildman–Crippen MR) is 93.9 cm³/mol. The van der Waals surface area contributed by atoms with Crippen LogP contribution in [0.15, 0.2) is 59.5 Å². The van der Waals surface area contributed by atoms with Crippen molar-refractivity contribution in [3.8, 4) is 0 Å². The Balaban J connectivity index is 2.24. The van der Waals surface area contributed by atoms with E-state index in [4.69, 9.17) is 5.73 Å². The molecule has 2 rings (SSSR count). The van der Waals surface area contributed by atoms with Crippen molar-refractivity contribution in [2.24, 2.45) is 5.73 Å². The van der Waals surface area contributed by atoms with Gasteiger partial charge in [-0.15, -0.1) is 0 Å². The molecule has 0 unspecified atom stereocenters. The quantitative estimate of drug-likeness (QED) is 0.757. The zero-order valence-corrected chi connectivity index (χ0v) is 14.9. The predicted octanol–water partition coefficient (Wildman–Crippen LogP) is 3.33. The fourth-order valence-electron chi connectivity index (χ4n) is 2.50. The van der Waals surface area contributed by atoms with E-state index in [1.807, 2.05) is 30.3 Å². The molecule has 0 radical (unpaired) electrons. The van der Waals surface area contributed by atoms with E-state index in [0.29, 0.717) is 13.0 Å². The van der Waals surface area contributed by atoms with Crippen LogP contribution in [0.25, 0.3) is 0 Å². The van der Waals surface area contributed by atoms with Crippen LogP contribution in [0.2, 0.25) is 0 Å². The highest BCUT2D eigenvalue weighted by atomic mass is 32.2. The Morgan fingerprint density at radius 3 is 2.08 bits per heavy atom. The number of hydrogen-bond acceptors (Lipinski definition) is 3. The molecule has 4 nitrogen and oxygen atoms in total. The number of halogens is 3. The normalized spacial score (nSPS) is 12.5. The van der Waals surface area contributed by atoms with Gasteiger partial charge in [-0.1, -0.05) is 42.5 Å². The number of sulfonamides is 1. The number of nitrogens with zero attached hydrogens (tertiary/aromatic N) is 1. The van der Waals surface area contributed by atoms with Crippen LogP contribution in [-0.2, 0) is 23.0 Å². The third kappa shape index (κ3) is 5.82. The van der Waals surface area contributed by atoms with Gasteiger partial charge < -0.3 is 5.73 Å². The smallest absolute Gasteiger partial charge is 0.330 e. The van der Waals surface area contributed by atoms with Crippen LogP contribution in [0.5, 0.6) is 0 Å². The molecule has 2 aromatic carbocycles. The van der Waals surface area contributed by atoms with E-state index in [1.165, 1.54) is 28.6 Å². The standard InChI is InChI=1S/C18H21F3N2O2S/c19-18(20,21)13-15-7-9-17(10-8-15)26(24,25)23(12-4-11-22)14-16-5-2-1-3-6-16/h1-3,5-10H,4,11-14,22H2. The van der Waals surface area contributed by atoms with Crippen molar-refractivity contribution < 1.29 is 21.6 Å². The Labute approximate surface area is 151 Å². The molecule has 0 aliphatic carbocycles. The average molecular weight is 386 g/mol. The maximum atomic E-state index is 12.9. The molecule has 142 valence electrons. The molecule has 0 aliphatic rings. The van der Waals surface area contributed by atoms with Crippen molar-refractivity contribution in [2.45, 2.75) is 30.5 Å². The minimum atomic E-state index is -4.33. The molecular formula is C18H21F3N2O2S. The van der Waals surface area contributed by atoms with Gasteiger partial charge in [-0.25, -0.2) is 8.42 Å². The maximum Gasteiger partial charge on any atom is 0.393 e. The molecule has 0 saturated carbocycles. The third-order valence-corrected chi connectivity index (χ3v) is 5.64. The monoisotopic (exact) mass is 386 g/mol. The molecule has 0 aromatic heterocycles. The summed E-state index contributed by atoms with van der Waals surface area (Å²) in [5, 5.41) is 0. The van der Waals surface area contributed by atoms with Gasteiger partial charge in [0.25, 0.3) is 0 Å².